The fourth-order valence-corrected chi connectivity index (χ4v) is 3.38. The van der Waals surface area contributed by atoms with Gasteiger partial charge in [0.1, 0.15) is 0 Å². The number of hydrogen-bond acceptors (Lipinski definition) is 3. The number of thiophene rings is 1. The number of carbonyl (C=O) groups is 1. The maximum absolute atomic E-state index is 12.6. The number of rotatable bonds is 2. The van der Waals surface area contributed by atoms with E-state index in [2.05, 4.69) is 5.32 Å². The molecule has 21 heavy (non-hydrogen) atoms. The minimum atomic E-state index is 0. The lowest BCUT2D eigenvalue weighted by atomic mass is 10.0. The Morgan fingerprint density at radius 2 is 2.19 bits per heavy atom. The molecule has 1 aliphatic rings. The van der Waals surface area contributed by atoms with Crippen LogP contribution in [0.3, 0.4) is 0 Å². The van der Waals surface area contributed by atoms with Crippen molar-refractivity contribution in [3.05, 3.63) is 57.2 Å². The molecule has 6 heteroatoms. The quantitative estimate of drug-likeness (QED) is 0.904. The zero-order valence-corrected chi connectivity index (χ0v) is 13.7. The number of nitrogens with zero attached hydrogens (tertiary/aromatic N) is 1. The van der Waals surface area contributed by atoms with Gasteiger partial charge in [-0.2, -0.15) is 0 Å². The van der Waals surface area contributed by atoms with Crippen molar-refractivity contribution in [2.45, 2.75) is 6.04 Å². The number of amides is 1. The van der Waals surface area contributed by atoms with E-state index in [1.54, 1.807) is 0 Å². The van der Waals surface area contributed by atoms with Gasteiger partial charge in [0, 0.05) is 24.7 Å². The lowest BCUT2D eigenvalue weighted by Gasteiger charge is -2.36. The smallest absolute Gasteiger partial charge is 0.264 e. The molecule has 1 atom stereocenters. The van der Waals surface area contributed by atoms with Gasteiger partial charge in [0.15, 0.2) is 0 Å². The Bertz CT molecular complexity index is 603. The molecule has 1 aromatic heterocycles. The summed E-state index contributed by atoms with van der Waals surface area (Å²) in [6.45, 7) is 2.31. The van der Waals surface area contributed by atoms with E-state index in [0.717, 1.165) is 23.5 Å². The molecule has 3 nitrogen and oxygen atoms in total. The highest BCUT2D eigenvalue weighted by molar-refractivity contribution is 7.12. The van der Waals surface area contributed by atoms with Crippen molar-refractivity contribution in [1.82, 2.24) is 10.2 Å². The molecule has 2 heterocycles. The van der Waals surface area contributed by atoms with Crippen molar-refractivity contribution in [2.24, 2.45) is 0 Å². The second kappa shape index (κ2) is 7.27. The molecular formula is C15H16Cl2N2OS. The predicted molar refractivity (Wildman–Crippen MR) is 89.7 cm³/mol. The van der Waals surface area contributed by atoms with Gasteiger partial charge < -0.3 is 10.2 Å². The summed E-state index contributed by atoms with van der Waals surface area (Å²) in [4.78, 5) is 15.3. The largest absolute Gasteiger partial charge is 0.328 e. The topological polar surface area (TPSA) is 32.3 Å². The second-order valence-electron chi connectivity index (χ2n) is 4.75. The molecule has 1 aromatic carbocycles. The van der Waals surface area contributed by atoms with Crippen molar-refractivity contribution in [1.29, 1.82) is 0 Å². The molecular weight excluding hydrogens is 327 g/mol. The Balaban J connectivity index is 0.00000161. The van der Waals surface area contributed by atoms with Gasteiger partial charge in [-0.05, 0) is 29.1 Å². The van der Waals surface area contributed by atoms with Crippen LogP contribution in [0.15, 0.2) is 41.8 Å². The highest BCUT2D eigenvalue weighted by atomic mass is 35.5. The maximum atomic E-state index is 12.6. The fourth-order valence-electron chi connectivity index (χ4n) is 2.50. The van der Waals surface area contributed by atoms with Crippen LogP contribution in [0, 0.1) is 0 Å². The first-order chi connectivity index (χ1) is 9.75. The first kappa shape index (κ1) is 16.3. The van der Waals surface area contributed by atoms with Crippen molar-refractivity contribution in [2.75, 3.05) is 19.6 Å². The average Bonchev–Trinajstić information content (AvgIpc) is 3.01. The van der Waals surface area contributed by atoms with Crippen LogP contribution in [0.4, 0.5) is 0 Å². The van der Waals surface area contributed by atoms with Gasteiger partial charge >= 0.3 is 0 Å². The van der Waals surface area contributed by atoms with E-state index in [1.807, 2.05) is 46.7 Å². The molecule has 0 saturated carbocycles. The van der Waals surface area contributed by atoms with Gasteiger partial charge in [-0.15, -0.1) is 23.7 Å². The molecule has 0 bridgehead atoms. The monoisotopic (exact) mass is 342 g/mol. The minimum absolute atomic E-state index is 0. The van der Waals surface area contributed by atoms with Gasteiger partial charge in [0.25, 0.3) is 5.91 Å². The predicted octanol–water partition coefficient (Wildman–Crippen LogP) is 3.61. The Labute approximate surface area is 139 Å². The number of nitrogens with one attached hydrogen (secondary N) is 1. The summed E-state index contributed by atoms with van der Waals surface area (Å²) in [6, 6.07) is 11.6. The summed E-state index contributed by atoms with van der Waals surface area (Å²) in [5.74, 6) is 0.103. The standard InChI is InChI=1S/C15H15ClN2OS.ClH/c16-12-4-1-3-11(9-12)13-10-17-6-7-18(13)15(19)14-5-2-8-20-14;/h1-5,8-9,13,17H,6-7,10H2;1H. The molecule has 1 amide bonds. The Hall–Kier alpha value is -1.07. The van der Waals surface area contributed by atoms with Crippen LogP contribution in [-0.4, -0.2) is 30.4 Å². The Morgan fingerprint density at radius 3 is 2.90 bits per heavy atom. The molecule has 3 rings (SSSR count). The van der Waals surface area contributed by atoms with Crippen LogP contribution in [0.2, 0.25) is 5.02 Å². The summed E-state index contributed by atoms with van der Waals surface area (Å²) in [5.41, 5.74) is 1.08. The SMILES string of the molecule is Cl.O=C(c1cccs1)N1CCNCC1c1cccc(Cl)c1. The highest BCUT2D eigenvalue weighted by Crippen LogP contribution is 2.27. The zero-order valence-electron chi connectivity index (χ0n) is 11.3. The lowest BCUT2D eigenvalue weighted by Crippen LogP contribution is -2.48. The van der Waals surface area contributed by atoms with Crippen molar-refractivity contribution in [3.63, 3.8) is 0 Å². The van der Waals surface area contributed by atoms with Crippen molar-refractivity contribution >= 4 is 41.3 Å². The van der Waals surface area contributed by atoms with Crippen LogP contribution >= 0.6 is 35.3 Å². The molecule has 2 aromatic rings. The molecule has 0 radical (unpaired) electrons. The number of halogens is 2. The van der Waals surface area contributed by atoms with Gasteiger partial charge in [-0.25, -0.2) is 0 Å². The zero-order chi connectivity index (χ0) is 13.9. The van der Waals surface area contributed by atoms with Gasteiger partial charge in [0.05, 0.1) is 10.9 Å². The van der Waals surface area contributed by atoms with Crippen LogP contribution in [0.1, 0.15) is 21.3 Å². The molecule has 112 valence electrons. The van der Waals surface area contributed by atoms with Crippen molar-refractivity contribution in [3.8, 4) is 0 Å². The fraction of sp³-hybridized carbons (Fsp3) is 0.267. The summed E-state index contributed by atoms with van der Waals surface area (Å²) in [6.07, 6.45) is 0. The van der Waals surface area contributed by atoms with E-state index >= 15 is 0 Å². The number of benzene rings is 1. The first-order valence-corrected chi connectivity index (χ1v) is 7.82. The van der Waals surface area contributed by atoms with Crippen LogP contribution < -0.4 is 5.32 Å². The minimum Gasteiger partial charge on any atom is -0.328 e. The molecule has 1 saturated heterocycles. The summed E-state index contributed by atoms with van der Waals surface area (Å²) in [5, 5.41) is 5.99. The van der Waals surface area contributed by atoms with E-state index < -0.39 is 0 Å². The van der Waals surface area contributed by atoms with Gasteiger partial charge in [0.2, 0.25) is 0 Å². The first-order valence-electron chi connectivity index (χ1n) is 6.56. The van der Waals surface area contributed by atoms with Crippen LogP contribution in [0.25, 0.3) is 0 Å². The van der Waals surface area contributed by atoms with E-state index in [-0.39, 0.29) is 24.4 Å². The highest BCUT2D eigenvalue weighted by Gasteiger charge is 2.29. The number of hydrogen-bond donors (Lipinski definition) is 1. The van der Waals surface area contributed by atoms with Crippen molar-refractivity contribution < 1.29 is 4.79 Å². The third-order valence-electron chi connectivity index (χ3n) is 3.47. The number of carbonyl (C=O) groups excluding carboxylic acids is 1. The van der Waals surface area contributed by atoms with Gasteiger partial charge in [-0.3, -0.25) is 4.79 Å². The molecule has 1 unspecified atom stereocenters. The van der Waals surface area contributed by atoms with E-state index in [4.69, 9.17) is 11.6 Å². The summed E-state index contributed by atoms with van der Waals surface area (Å²) >= 11 is 7.56. The molecule has 1 aliphatic heterocycles. The van der Waals surface area contributed by atoms with Crippen LogP contribution in [-0.2, 0) is 0 Å². The average molecular weight is 343 g/mol. The van der Waals surface area contributed by atoms with E-state index in [0.29, 0.717) is 11.6 Å². The third-order valence-corrected chi connectivity index (χ3v) is 4.56. The third kappa shape index (κ3) is 3.58. The molecule has 1 N–H and O–H groups in total. The lowest BCUT2D eigenvalue weighted by molar-refractivity contribution is 0.0639. The van der Waals surface area contributed by atoms with E-state index in [1.165, 1.54) is 11.3 Å². The molecule has 0 aliphatic carbocycles. The normalized spacial score (nSPS) is 18.1. The Kier molecular flexibility index (Phi) is 5.65. The number of piperazine rings is 1. The summed E-state index contributed by atoms with van der Waals surface area (Å²) in [7, 11) is 0. The van der Waals surface area contributed by atoms with E-state index in [9.17, 15) is 4.79 Å². The molecule has 0 spiro atoms. The van der Waals surface area contributed by atoms with Gasteiger partial charge in [-0.1, -0.05) is 29.8 Å². The van der Waals surface area contributed by atoms with Crippen LogP contribution in [0.5, 0.6) is 0 Å². The second-order valence-corrected chi connectivity index (χ2v) is 6.13. The summed E-state index contributed by atoms with van der Waals surface area (Å²) < 4.78 is 0. The Morgan fingerprint density at radius 1 is 1.33 bits per heavy atom. The molecule has 1 fully saturated rings. The maximum Gasteiger partial charge on any atom is 0.264 e.